The van der Waals surface area contributed by atoms with E-state index in [0.717, 1.165) is 31.5 Å². The topological polar surface area (TPSA) is 118 Å². The van der Waals surface area contributed by atoms with Gasteiger partial charge in [-0.2, -0.15) is 0 Å². The fourth-order valence-electron chi connectivity index (χ4n) is 4.61. The summed E-state index contributed by atoms with van der Waals surface area (Å²) >= 11 is 6.12. The molecule has 1 aliphatic heterocycles. The average molecular weight is 483 g/mol. The van der Waals surface area contributed by atoms with E-state index >= 15 is 0 Å². The van der Waals surface area contributed by atoms with E-state index in [0.29, 0.717) is 33.0 Å². The highest BCUT2D eigenvalue weighted by molar-refractivity contribution is 6.31. The maximum absolute atomic E-state index is 13.1. The number of nitrogens with two attached hydrogens (primary N) is 1. The van der Waals surface area contributed by atoms with Crippen molar-refractivity contribution >= 4 is 40.4 Å². The Kier molecular flexibility index (Phi) is 6.61. The largest absolute Gasteiger partial charge is 0.469 e. The highest BCUT2D eigenvalue weighted by Gasteiger charge is 2.44. The van der Waals surface area contributed by atoms with Crippen molar-refractivity contribution in [3.05, 3.63) is 63.9 Å². The molecule has 0 radical (unpaired) electrons. The summed E-state index contributed by atoms with van der Waals surface area (Å²) < 4.78 is 4.81. The number of nitrogens with zero attached hydrogens (tertiary/aromatic N) is 2. The summed E-state index contributed by atoms with van der Waals surface area (Å²) in [5, 5.41) is 0.505. The maximum Gasteiger partial charge on any atom is 0.305 e. The van der Waals surface area contributed by atoms with Crippen molar-refractivity contribution < 1.29 is 19.1 Å². The molecule has 1 aliphatic rings. The lowest BCUT2D eigenvalue weighted by Crippen LogP contribution is -2.44. The number of methoxy groups -OCH3 is 1. The van der Waals surface area contributed by atoms with Crippen LogP contribution in [0.2, 0.25) is 5.02 Å². The SMILES string of the molecule is COC(=O)CCC(C(N)=O)(c1ccc(C(=O)N2CCCC2)c(C)c1)c1nc2cc(Cl)ccc2[nH]1. The number of carbonyl (C=O) groups excluding carboxylic acids is 3. The van der Waals surface area contributed by atoms with E-state index in [4.69, 9.17) is 22.1 Å². The number of esters is 1. The molecule has 0 spiro atoms. The predicted octanol–water partition coefficient (Wildman–Crippen LogP) is 3.49. The average Bonchev–Trinajstić information content (AvgIpc) is 3.49. The van der Waals surface area contributed by atoms with Gasteiger partial charge < -0.3 is 20.4 Å². The number of primary amides is 1. The van der Waals surface area contributed by atoms with Gasteiger partial charge in [0.25, 0.3) is 5.91 Å². The van der Waals surface area contributed by atoms with Gasteiger partial charge in [-0.3, -0.25) is 14.4 Å². The van der Waals surface area contributed by atoms with Crippen molar-refractivity contribution in [1.82, 2.24) is 14.9 Å². The van der Waals surface area contributed by atoms with E-state index in [-0.39, 0.29) is 18.7 Å². The molecule has 1 aromatic heterocycles. The molecule has 1 atom stereocenters. The summed E-state index contributed by atoms with van der Waals surface area (Å²) in [5.74, 6) is -0.861. The Morgan fingerprint density at radius 1 is 1.18 bits per heavy atom. The minimum Gasteiger partial charge on any atom is -0.469 e. The van der Waals surface area contributed by atoms with Crippen LogP contribution in [0, 0.1) is 6.92 Å². The Hall–Kier alpha value is -3.39. The van der Waals surface area contributed by atoms with Gasteiger partial charge in [-0.05, 0) is 61.6 Å². The Bertz CT molecular complexity index is 1270. The van der Waals surface area contributed by atoms with Crippen LogP contribution in [0.1, 0.15) is 53.0 Å². The smallest absolute Gasteiger partial charge is 0.305 e. The number of aryl methyl sites for hydroxylation is 1. The van der Waals surface area contributed by atoms with Gasteiger partial charge in [-0.1, -0.05) is 23.7 Å². The number of halogens is 1. The Labute approximate surface area is 202 Å². The summed E-state index contributed by atoms with van der Waals surface area (Å²) in [5.41, 5.74) is 7.66. The molecule has 4 rings (SSSR count). The fraction of sp³-hybridized carbons (Fsp3) is 0.360. The Morgan fingerprint density at radius 2 is 1.91 bits per heavy atom. The normalized spacial score (nSPS) is 15.3. The number of imidazole rings is 1. The van der Waals surface area contributed by atoms with Crippen LogP contribution in [0.3, 0.4) is 0 Å². The molecule has 9 heteroatoms. The zero-order valence-corrected chi connectivity index (χ0v) is 19.9. The maximum atomic E-state index is 13.1. The van der Waals surface area contributed by atoms with Crippen LogP contribution in [0.25, 0.3) is 11.0 Å². The van der Waals surface area contributed by atoms with Crippen molar-refractivity contribution in [1.29, 1.82) is 0 Å². The first-order valence-corrected chi connectivity index (χ1v) is 11.6. The molecule has 0 aliphatic carbocycles. The molecule has 1 saturated heterocycles. The number of benzene rings is 2. The number of fused-ring (bicyclic) bond motifs is 1. The number of likely N-dealkylation sites (tertiary alicyclic amines) is 1. The third kappa shape index (κ3) is 4.25. The second kappa shape index (κ2) is 9.46. The first kappa shape index (κ1) is 23.8. The number of hydrogen-bond donors (Lipinski definition) is 2. The highest BCUT2D eigenvalue weighted by Crippen LogP contribution is 2.38. The first-order valence-electron chi connectivity index (χ1n) is 11.2. The number of aromatic amines is 1. The van der Waals surface area contributed by atoms with E-state index in [1.807, 2.05) is 11.8 Å². The van der Waals surface area contributed by atoms with Gasteiger partial charge in [0, 0.05) is 30.1 Å². The Morgan fingerprint density at radius 3 is 2.56 bits per heavy atom. The summed E-state index contributed by atoms with van der Waals surface area (Å²) in [6, 6.07) is 10.4. The number of nitrogens with one attached hydrogen (secondary N) is 1. The second-order valence-electron chi connectivity index (χ2n) is 8.62. The minimum atomic E-state index is -1.44. The second-order valence-corrected chi connectivity index (χ2v) is 9.06. The van der Waals surface area contributed by atoms with Gasteiger partial charge in [-0.25, -0.2) is 4.98 Å². The quantitative estimate of drug-likeness (QED) is 0.500. The number of carbonyl (C=O) groups is 3. The van der Waals surface area contributed by atoms with Crippen molar-refractivity contribution in [3.63, 3.8) is 0 Å². The molecule has 1 unspecified atom stereocenters. The Balaban J connectivity index is 1.84. The van der Waals surface area contributed by atoms with Gasteiger partial charge >= 0.3 is 5.97 Å². The number of amides is 2. The van der Waals surface area contributed by atoms with Gasteiger partial charge in [0.05, 0.1) is 18.1 Å². The zero-order valence-electron chi connectivity index (χ0n) is 19.2. The van der Waals surface area contributed by atoms with Crippen LogP contribution in [0.5, 0.6) is 0 Å². The summed E-state index contributed by atoms with van der Waals surface area (Å²) in [4.78, 5) is 47.8. The van der Waals surface area contributed by atoms with Crippen molar-refractivity contribution in [3.8, 4) is 0 Å². The van der Waals surface area contributed by atoms with Gasteiger partial charge in [0.1, 0.15) is 11.2 Å². The molecular weight excluding hydrogens is 456 g/mol. The number of ether oxygens (including phenoxy) is 1. The molecule has 0 saturated carbocycles. The van der Waals surface area contributed by atoms with Crippen LogP contribution in [-0.2, 0) is 19.7 Å². The van der Waals surface area contributed by atoms with Crippen LogP contribution in [0.4, 0.5) is 0 Å². The van der Waals surface area contributed by atoms with E-state index in [1.54, 1.807) is 36.4 Å². The van der Waals surface area contributed by atoms with Gasteiger partial charge in [0.2, 0.25) is 5.91 Å². The van der Waals surface area contributed by atoms with E-state index in [1.165, 1.54) is 7.11 Å². The lowest BCUT2D eigenvalue weighted by atomic mass is 9.74. The van der Waals surface area contributed by atoms with Crippen molar-refractivity contribution in [2.45, 2.75) is 38.0 Å². The molecule has 2 heterocycles. The zero-order chi connectivity index (χ0) is 24.5. The van der Waals surface area contributed by atoms with Gasteiger partial charge in [-0.15, -0.1) is 0 Å². The number of aromatic nitrogens is 2. The van der Waals surface area contributed by atoms with Crippen molar-refractivity contribution in [2.75, 3.05) is 20.2 Å². The van der Waals surface area contributed by atoms with Crippen LogP contribution in [0.15, 0.2) is 36.4 Å². The van der Waals surface area contributed by atoms with Crippen LogP contribution >= 0.6 is 11.6 Å². The number of H-pyrrole nitrogens is 1. The number of rotatable bonds is 7. The highest BCUT2D eigenvalue weighted by atomic mass is 35.5. The molecule has 3 aromatic rings. The fourth-order valence-corrected chi connectivity index (χ4v) is 4.78. The molecular formula is C25H27ClN4O4. The summed E-state index contributed by atoms with van der Waals surface area (Å²) in [6.45, 7) is 3.31. The molecule has 2 amide bonds. The van der Waals surface area contributed by atoms with Crippen molar-refractivity contribution in [2.24, 2.45) is 5.73 Å². The molecule has 1 fully saturated rings. The third-order valence-corrected chi connectivity index (χ3v) is 6.78. The molecule has 0 bridgehead atoms. The molecule has 34 heavy (non-hydrogen) atoms. The van der Waals surface area contributed by atoms with E-state index in [9.17, 15) is 14.4 Å². The minimum absolute atomic E-state index is 0.0286. The number of hydrogen-bond acceptors (Lipinski definition) is 5. The third-order valence-electron chi connectivity index (χ3n) is 6.54. The lowest BCUT2D eigenvalue weighted by Gasteiger charge is -2.30. The molecule has 2 aromatic carbocycles. The summed E-state index contributed by atoms with van der Waals surface area (Å²) in [6.07, 6.45) is 1.99. The summed E-state index contributed by atoms with van der Waals surface area (Å²) in [7, 11) is 1.29. The lowest BCUT2D eigenvalue weighted by molar-refractivity contribution is -0.141. The monoisotopic (exact) mass is 482 g/mol. The molecule has 3 N–H and O–H groups in total. The predicted molar refractivity (Wildman–Crippen MR) is 129 cm³/mol. The van der Waals surface area contributed by atoms with E-state index in [2.05, 4.69) is 9.97 Å². The van der Waals surface area contributed by atoms with Gasteiger partial charge in [0.15, 0.2) is 0 Å². The molecule has 8 nitrogen and oxygen atoms in total. The van der Waals surface area contributed by atoms with Crippen LogP contribution in [-0.4, -0.2) is 52.9 Å². The standard InChI is InChI=1S/C25H27ClN4O4/c1-15-13-16(5-7-18(15)22(32)30-11-3-4-12-30)25(23(27)33,10-9-21(31)34-2)24-28-19-8-6-17(26)14-20(19)29-24/h5-8,13-14H,3-4,9-12H2,1-2H3,(H2,27,33)(H,28,29). The molecule has 178 valence electrons. The van der Waals surface area contributed by atoms with Crippen LogP contribution < -0.4 is 5.73 Å². The van der Waals surface area contributed by atoms with E-state index < -0.39 is 17.3 Å². The first-order chi connectivity index (χ1) is 16.3.